The van der Waals surface area contributed by atoms with E-state index in [1.54, 1.807) is 6.07 Å². The average Bonchev–Trinajstić information content (AvgIpc) is 2.15. The molecule has 1 saturated heterocycles. The van der Waals surface area contributed by atoms with Crippen LogP contribution in [-0.4, -0.2) is 35.0 Å². The normalized spacial score (nSPS) is 26.9. The summed E-state index contributed by atoms with van der Waals surface area (Å²) in [4.78, 5) is 21.0. The van der Waals surface area contributed by atoms with Crippen molar-refractivity contribution in [2.75, 3.05) is 20.1 Å². The molecule has 1 aliphatic rings. The van der Waals surface area contributed by atoms with Crippen molar-refractivity contribution >= 4 is 0 Å². The first-order valence-electron chi connectivity index (χ1n) is 5.77. The van der Waals surface area contributed by atoms with Crippen molar-refractivity contribution in [2.24, 2.45) is 0 Å². The van der Waals surface area contributed by atoms with Crippen molar-refractivity contribution in [3.63, 3.8) is 0 Å². The van der Waals surface area contributed by atoms with Crippen molar-refractivity contribution < 1.29 is 0 Å². The van der Waals surface area contributed by atoms with Crippen LogP contribution in [0.15, 0.2) is 10.9 Å². The third-order valence-electron chi connectivity index (χ3n) is 3.37. The standard InChI is InChI=1S/C12H19N3O/c1-9-13-10(7-11(16)14-9)12(2)5-4-6-15(3)8-12/h7H,4-6,8H2,1-3H3,(H,13,14,16). The highest BCUT2D eigenvalue weighted by atomic mass is 16.1. The second kappa shape index (κ2) is 4.01. The number of likely N-dealkylation sites (N-methyl/N-ethyl adjacent to an activating group) is 1. The van der Waals surface area contributed by atoms with Gasteiger partial charge in [0.25, 0.3) is 5.56 Å². The molecule has 0 saturated carbocycles. The molecule has 0 bridgehead atoms. The number of H-pyrrole nitrogens is 1. The number of piperidine rings is 1. The van der Waals surface area contributed by atoms with Crippen LogP contribution in [0.25, 0.3) is 0 Å². The van der Waals surface area contributed by atoms with E-state index in [1.807, 2.05) is 6.92 Å². The minimum Gasteiger partial charge on any atom is -0.311 e. The van der Waals surface area contributed by atoms with Crippen molar-refractivity contribution in [3.05, 3.63) is 27.9 Å². The molecule has 1 aromatic heterocycles. The van der Waals surface area contributed by atoms with Gasteiger partial charge in [-0.05, 0) is 33.4 Å². The van der Waals surface area contributed by atoms with Crippen LogP contribution in [0.5, 0.6) is 0 Å². The Morgan fingerprint density at radius 1 is 1.56 bits per heavy atom. The smallest absolute Gasteiger partial charge is 0.251 e. The molecule has 0 aliphatic carbocycles. The Labute approximate surface area is 95.7 Å². The topological polar surface area (TPSA) is 49.0 Å². The van der Waals surface area contributed by atoms with Gasteiger partial charge in [-0.15, -0.1) is 0 Å². The van der Waals surface area contributed by atoms with Crippen LogP contribution in [0.4, 0.5) is 0 Å². The molecule has 0 aromatic carbocycles. The fourth-order valence-electron chi connectivity index (χ4n) is 2.59. The Morgan fingerprint density at radius 3 is 2.94 bits per heavy atom. The minimum atomic E-state index is -0.0445. The third kappa shape index (κ3) is 2.16. The molecule has 1 atom stereocenters. The molecule has 0 amide bonds. The number of hydrogen-bond donors (Lipinski definition) is 1. The highest BCUT2D eigenvalue weighted by Crippen LogP contribution is 2.31. The van der Waals surface area contributed by atoms with E-state index in [0.29, 0.717) is 5.82 Å². The SMILES string of the molecule is Cc1nc(C2(C)CCCN(C)C2)cc(=O)[nH]1. The number of aromatic amines is 1. The van der Waals surface area contributed by atoms with Crippen molar-refractivity contribution in [2.45, 2.75) is 32.1 Å². The zero-order valence-corrected chi connectivity index (χ0v) is 10.2. The molecule has 1 aliphatic heterocycles. The van der Waals surface area contributed by atoms with E-state index in [1.165, 1.54) is 6.42 Å². The van der Waals surface area contributed by atoms with Crippen molar-refractivity contribution in [1.82, 2.24) is 14.9 Å². The van der Waals surface area contributed by atoms with Gasteiger partial charge in [0.2, 0.25) is 0 Å². The Bertz CT molecular complexity index is 440. The Hall–Kier alpha value is -1.16. The summed E-state index contributed by atoms with van der Waals surface area (Å²) in [7, 11) is 2.12. The number of nitrogens with one attached hydrogen (secondary N) is 1. The van der Waals surface area contributed by atoms with Gasteiger partial charge in [-0.3, -0.25) is 4.79 Å². The Balaban J connectivity index is 2.38. The fraction of sp³-hybridized carbons (Fsp3) is 0.667. The zero-order valence-electron chi connectivity index (χ0n) is 10.2. The van der Waals surface area contributed by atoms with Crippen LogP contribution in [0, 0.1) is 6.92 Å². The molecule has 2 heterocycles. The lowest BCUT2D eigenvalue weighted by atomic mass is 9.79. The van der Waals surface area contributed by atoms with E-state index >= 15 is 0 Å². The molecule has 16 heavy (non-hydrogen) atoms. The van der Waals surface area contributed by atoms with E-state index in [-0.39, 0.29) is 11.0 Å². The summed E-state index contributed by atoms with van der Waals surface area (Å²) >= 11 is 0. The van der Waals surface area contributed by atoms with Gasteiger partial charge in [-0.1, -0.05) is 6.92 Å². The third-order valence-corrected chi connectivity index (χ3v) is 3.37. The highest BCUT2D eigenvalue weighted by molar-refractivity contribution is 5.17. The van der Waals surface area contributed by atoms with E-state index in [2.05, 4.69) is 28.8 Å². The average molecular weight is 221 g/mol. The van der Waals surface area contributed by atoms with Gasteiger partial charge in [0.15, 0.2) is 0 Å². The highest BCUT2D eigenvalue weighted by Gasteiger charge is 2.32. The van der Waals surface area contributed by atoms with E-state index < -0.39 is 0 Å². The fourth-order valence-corrected chi connectivity index (χ4v) is 2.59. The van der Waals surface area contributed by atoms with Crippen LogP contribution in [0.2, 0.25) is 0 Å². The maximum atomic E-state index is 11.5. The molecular weight excluding hydrogens is 202 g/mol. The number of aryl methyl sites for hydroxylation is 1. The minimum absolute atomic E-state index is 0.0199. The number of likely N-dealkylation sites (tertiary alicyclic amines) is 1. The predicted molar refractivity (Wildman–Crippen MR) is 63.7 cm³/mol. The Kier molecular flexibility index (Phi) is 2.84. The van der Waals surface area contributed by atoms with Crippen LogP contribution in [-0.2, 0) is 5.41 Å². The van der Waals surface area contributed by atoms with Gasteiger partial charge in [0, 0.05) is 18.0 Å². The first-order chi connectivity index (χ1) is 7.49. The summed E-state index contributed by atoms with van der Waals surface area (Å²) in [6.45, 7) is 6.14. The lowest BCUT2D eigenvalue weighted by molar-refractivity contribution is 0.184. The second-order valence-electron chi connectivity index (χ2n) is 5.12. The zero-order chi connectivity index (χ0) is 11.8. The molecule has 1 fully saturated rings. The Morgan fingerprint density at radius 2 is 2.31 bits per heavy atom. The summed E-state index contributed by atoms with van der Waals surface area (Å²) in [5.41, 5.74) is 0.906. The van der Waals surface area contributed by atoms with E-state index in [0.717, 1.165) is 25.2 Å². The molecule has 0 radical (unpaired) electrons. The van der Waals surface area contributed by atoms with Gasteiger partial charge in [-0.25, -0.2) is 4.98 Å². The predicted octanol–water partition coefficient (Wildman–Crippen LogP) is 1.06. The monoisotopic (exact) mass is 221 g/mol. The van der Waals surface area contributed by atoms with Crippen molar-refractivity contribution in [1.29, 1.82) is 0 Å². The van der Waals surface area contributed by atoms with Gasteiger partial charge in [-0.2, -0.15) is 0 Å². The second-order valence-corrected chi connectivity index (χ2v) is 5.12. The number of nitrogens with zero attached hydrogens (tertiary/aromatic N) is 2. The quantitative estimate of drug-likeness (QED) is 0.771. The summed E-state index contributed by atoms with van der Waals surface area (Å²) in [6.07, 6.45) is 2.27. The summed E-state index contributed by atoms with van der Waals surface area (Å²) in [5.74, 6) is 0.706. The van der Waals surface area contributed by atoms with Gasteiger partial charge in [0.1, 0.15) is 5.82 Å². The van der Waals surface area contributed by atoms with Crippen molar-refractivity contribution in [3.8, 4) is 0 Å². The van der Waals surface area contributed by atoms with Gasteiger partial charge in [0.05, 0.1) is 5.69 Å². The van der Waals surface area contributed by atoms with Gasteiger partial charge >= 0.3 is 0 Å². The molecule has 2 rings (SSSR count). The van der Waals surface area contributed by atoms with Crippen LogP contribution < -0.4 is 5.56 Å². The van der Waals surface area contributed by atoms with Crippen LogP contribution in [0.1, 0.15) is 31.3 Å². The largest absolute Gasteiger partial charge is 0.311 e. The number of aromatic nitrogens is 2. The van der Waals surface area contributed by atoms with E-state index in [9.17, 15) is 4.79 Å². The first kappa shape index (κ1) is 11.3. The number of hydrogen-bond acceptors (Lipinski definition) is 3. The summed E-state index contributed by atoms with van der Waals surface area (Å²) < 4.78 is 0. The molecule has 1 unspecified atom stereocenters. The van der Waals surface area contributed by atoms with Gasteiger partial charge < -0.3 is 9.88 Å². The molecule has 4 nitrogen and oxygen atoms in total. The lowest BCUT2D eigenvalue weighted by Gasteiger charge is -2.38. The maximum absolute atomic E-state index is 11.5. The summed E-state index contributed by atoms with van der Waals surface area (Å²) in [5, 5.41) is 0. The molecule has 88 valence electrons. The molecule has 1 aromatic rings. The molecule has 1 N–H and O–H groups in total. The van der Waals surface area contributed by atoms with Crippen LogP contribution in [0.3, 0.4) is 0 Å². The van der Waals surface area contributed by atoms with Crippen LogP contribution >= 0.6 is 0 Å². The molecular formula is C12H19N3O. The van der Waals surface area contributed by atoms with E-state index in [4.69, 9.17) is 0 Å². The maximum Gasteiger partial charge on any atom is 0.251 e. The summed E-state index contributed by atoms with van der Waals surface area (Å²) in [6, 6.07) is 1.64. The first-order valence-corrected chi connectivity index (χ1v) is 5.77. The number of rotatable bonds is 1. The molecule has 4 heteroatoms. The lowest BCUT2D eigenvalue weighted by Crippen LogP contribution is -2.43. The molecule has 0 spiro atoms.